The van der Waals surface area contributed by atoms with Gasteiger partial charge in [-0.1, -0.05) is 117 Å². The van der Waals surface area contributed by atoms with Crippen LogP contribution in [0, 0.1) is 0 Å². The molecule has 0 fully saturated rings. The molecule has 180 valence electrons. The van der Waals surface area contributed by atoms with Crippen LogP contribution in [-0.2, 0) is 4.79 Å². The zero-order valence-corrected chi connectivity index (χ0v) is 24.9. The molecule has 0 aliphatic rings. The minimum absolute atomic E-state index is 0. The van der Waals surface area contributed by atoms with Crippen molar-refractivity contribution in [3.05, 3.63) is 0 Å². The third-order valence-corrected chi connectivity index (χ3v) is 8.33. The molecule has 0 aromatic heterocycles. The van der Waals surface area contributed by atoms with Crippen molar-refractivity contribution in [2.75, 3.05) is 18.5 Å². The Balaban J connectivity index is -0.00000133. The van der Waals surface area contributed by atoms with Crippen molar-refractivity contribution in [3.8, 4) is 0 Å². The van der Waals surface area contributed by atoms with Gasteiger partial charge in [0, 0.05) is 30.8 Å². The Morgan fingerprint density at radius 3 is 0.967 bits per heavy atom. The first-order chi connectivity index (χ1) is 14.1. The molecule has 4 radical (unpaired) electrons. The van der Waals surface area contributed by atoms with Crippen LogP contribution in [0.25, 0.3) is 0 Å². The van der Waals surface area contributed by atoms with E-state index in [0.29, 0.717) is 7.92 Å². The van der Waals surface area contributed by atoms with E-state index < -0.39 is 5.97 Å². The Hall–Kier alpha value is 0.699. The molecule has 0 aliphatic carbocycles. The van der Waals surface area contributed by atoms with Crippen LogP contribution in [0.3, 0.4) is 0 Å². The first-order valence-corrected chi connectivity index (χ1v) is 14.9. The molecule has 1 N–H and O–H groups in total. The van der Waals surface area contributed by atoms with E-state index in [1.54, 1.807) is 18.5 Å². The Bertz CT molecular complexity index is 271. The zero-order chi connectivity index (χ0) is 22.0. The summed E-state index contributed by atoms with van der Waals surface area (Å²) >= 11 is 0. The molecule has 0 spiro atoms. The summed E-state index contributed by atoms with van der Waals surface area (Å²) in [6, 6.07) is 0. The fourth-order valence-electron chi connectivity index (χ4n) is 3.68. The average Bonchev–Trinajstić information content (AvgIpc) is 2.68. The summed E-state index contributed by atoms with van der Waals surface area (Å²) in [5, 5.41) is 7.42. The van der Waals surface area contributed by atoms with Crippen molar-refractivity contribution in [2.45, 2.75) is 143 Å². The quantitative estimate of drug-likeness (QED) is 0.0881. The molecule has 0 bridgehead atoms. The van der Waals surface area contributed by atoms with Gasteiger partial charge in [-0.15, -0.1) is 7.92 Å². The third kappa shape index (κ3) is 36.1. The van der Waals surface area contributed by atoms with Crippen LogP contribution in [0.4, 0.5) is 0 Å². The number of aliphatic carboxylic acids is 1. The molecule has 0 heterocycles. The Kier molecular flexibility index (Phi) is 37.5. The van der Waals surface area contributed by atoms with E-state index in [-0.39, 0.29) is 23.9 Å². The molecular formula is C26H55O2PSn. The second-order valence-electron chi connectivity index (χ2n) is 8.66. The third-order valence-electron chi connectivity index (χ3n) is 5.48. The van der Waals surface area contributed by atoms with Crippen LogP contribution >= 0.6 is 7.92 Å². The van der Waals surface area contributed by atoms with Gasteiger partial charge in [0.15, 0.2) is 0 Å². The maximum atomic E-state index is 9.00. The van der Waals surface area contributed by atoms with Gasteiger partial charge in [0.2, 0.25) is 0 Å². The van der Waals surface area contributed by atoms with Crippen molar-refractivity contribution in [3.63, 3.8) is 0 Å². The molecule has 0 aliphatic heterocycles. The van der Waals surface area contributed by atoms with E-state index in [0.717, 1.165) is 6.92 Å². The van der Waals surface area contributed by atoms with E-state index in [4.69, 9.17) is 9.90 Å². The second kappa shape index (κ2) is 31.9. The molecule has 0 unspecified atom stereocenters. The summed E-state index contributed by atoms with van der Waals surface area (Å²) in [5.41, 5.74) is 0. The first-order valence-electron chi connectivity index (χ1n) is 13.0. The van der Waals surface area contributed by atoms with Gasteiger partial charge in [0.05, 0.1) is 0 Å². The normalized spacial score (nSPS) is 10.4. The minimum Gasteiger partial charge on any atom is -0.481 e. The summed E-state index contributed by atoms with van der Waals surface area (Å²) in [6.07, 6.45) is 31.2. The van der Waals surface area contributed by atoms with Gasteiger partial charge in [-0.05, 0) is 37.7 Å². The monoisotopic (exact) mass is 550 g/mol. The SMILES string of the molecule is CC(=O)O.CCCCCCCCP(CCCCCCCC)CCCCCCCC.[Sn]. The van der Waals surface area contributed by atoms with Crippen molar-refractivity contribution in [1.82, 2.24) is 0 Å². The van der Waals surface area contributed by atoms with Crippen molar-refractivity contribution in [2.24, 2.45) is 0 Å². The molecule has 30 heavy (non-hydrogen) atoms. The maximum Gasteiger partial charge on any atom is 0.300 e. The smallest absolute Gasteiger partial charge is 0.300 e. The summed E-state index contributed by atoms with van der Waals surface area (Å²) in [5.74, 6) is -0.833. The fourth-order valence-corrected chi connectivity index (χ4v) is 6.37. The largest absolute Gasteiger partial charge is 0.481 e. The van der Waals surface area contributed by atoms with Gasteiger partial charge in [0.25, 0.3) is 5.97 Å². The zero-order valence-electron chi connectivity index (χ0n) is 21.2. The molecule has 0 atom stereocenters. The fraction of sp³-hybridized carbons (Fsp3) is 0.962. The Labute approximate surface area is 208 Å². The number of unbranched alkanes of at least 4 members (excludes halogenated alkanes) is 15. The summed E-state index contributed by atoms with van der Waals surface area (Å²) in [7, 11) is 0.366. The van der Waals surface area contributed by atoms with E-state index in [2.05, 4.69) is 20.8 Å². The molecule has 0 saturated carbocycles. The Morgan fingerprint density at radius 1 is 0.533 bits per heavy atom. The number of carbonyl (C=O) groups is 1. The van der Waals surface area contributed by atoms with Gasteiger partial charge in [0.1, 0.15) is 0 Å². The van der Waals surface area contributed by atoms with Crippen LogP contribution in [0.15, 0.2) is 0 Å². The number of carboxylic acids is 1. The molecule has 0 aromatic rings. The number of rotatable bonds is 21. The predicted octanol–water partition coefficient (Wildman–Crippen LogP) is 9.26. The molecule has 0 aromatic carbocycles. The van der Waals surface area contributed by atoms with Gasteiger partial charge < -0.3 is 5.11 Å². The number of hydrogen-bond acceptors (Lipinski definition) is 1. The standard InChI is InChI=1S/C24H51P.C2H4O2.Sn/c1-4-7-10-13-16-19-22-25(23-20-17-14-11-8-5-2)24-21-18-15-12-9-6-3;1-2(3)4;/h4-24H2,1-3H3;1H3,(H,3,4);. The minimum atomic E-state index is -0.833. The number of hydrogen-bond donors (Lipinski definition) is 1. The Morgan fingerprint density at radius 2 is 0.733 bits per heavy atom. The summed E-state index contributed by atoms with van der Waals surface area (Å²) in [4.78, 5) is 9.00. The summed E-state index contributed by atoms with van der Waals surface area (Å²) in [6.45, 7) is 8.04. The van der Waals surface area contributed by atoms with Crippen molar-refractivity contribution < 1.29 is 9.90 Å². The van der Waals surface area contributed by atoms with Crippen molar-refractivity contribution in [1.29, 1.82) is 0 Å². The van der Waals surface area contributed by atoms with Crippen LogP contribution in [0.5, 0.6) is 0 Å². The first kappa shape index (κ1) is 35.3. The topological polar surface area (TPSA) is 37.3 Å². The molecular weight excluding hydrogens is 494 g/mol. The van der Waals surface area contributed by atoms with Gasteiger partial charge in [-0.25, -0.2) is 0 Å². The predicted molar refractivity (Wildman–Crippen MR) is 141 cm³/mol. The van der Waals surface area contributed by atoms with Gasteiger partial charge in [-0.3, -0.25) is 4.79 Å². The van der Waals surface area contributed by atoms with E-state index in [1.165, 1.54) is 116 Å². The van der Waals surface area contributed by atoms with Crippen LogP contribution in [0.1, 0.15) is 143 Å². The maximum absolute atomic E-state index is 9.00. The molecule has 0 rings (SSSR count). The van der Waals surface area contributed by atoms with E-state index in [9.17, 15) is 0 Å². The van der Waals surface area contributed by atoms with Crippen LogP contribution in [-0.4, -0.2) is 53.5 Å². The average molecular weight is 549 g/mol. The van der Waals surface area contributed by atoms with Crippen LogP contribution < -0.4 is 0 Å². The van der Waals surface area contributed by atoms with Gasteiger partial charge in [-0.2, -0.15) is 0 Å². The molecule has 4 heteroatoms. The van der Waals surface area contributed by atoms with E-state index >= 15 is 0 Å². The summed E-state index contributed by atoms with van der Waals surface area (Å²) < 4.78 is 0. The van der Waals surface area contributed by atoms with E-state index in [1.807, 2.05) is 0 Å². The molecule has 0 saturated heterocycles. The second-order valence-corrected chi connectivity index (χ2v) is 11.3. The number of carboxylic acid groups (broad SMARTS) is 1. The molecule has 0 amide bonds. The van der Waals surface area contributed by atoms with Gasteiger partial charge >= 0.3 is 0 Å². The van der Waals surface area contributed by atoms with Crippen LogP contribution in [0.2, 0.25) is 0 Å². The van der Waals surface area contributed by atoms with Crippen molar-refractivity contribution >= 4 is 37.8 Å². The molecule has 2 nitrogen and oxygen atoms in total.